The lowest BCUT2D eigenvalue weighted by atomic mass is 10.1. The molecule has 0 atom stereocenters. The van der Waals surface area contributed by atoms with Crippen molar-refractivity contribution < 1.29 is 4.79 Å². The Labute approximate surface area is 104 Å². The third kappa shape index (κ3) is 3.42. The largest absolute Gasteiger partial charge is 0.339 e. The fourth-order valence-electron chi connectivity index (χ4n) is 2.61. The summed E-state index contributed by atoms with van der Waals surface area (Å²) in [6.07, 6.45) is 4.12. The zero-order valence-electron chi connectivity index (χ0n) is 11.0. The van der Waals surface area contributed by atoms with Crippen molar-refractivity contribution in [2.75, 3.05) is 39.3 Å². The van der Waals surface area contributed by atoms with Gasteiger partial charge in [0.2, 0.25) is 5.91 Å². The highest BCUT2D eigenvalue weighted by Gasteiger charge is 2.34. The number of likely N-dealkylation sites (tertiary alicyclic amines) is 1. The van der Waals surface area contributed by atoms with Crippen LogP contribution in [-0.2, 0) is 4.79 Å². The number of nitrogens with one attached hydrogen (secondary N) is 1. The summed E-state index contributed by atoms with van der Waals surface area (Å²) in [5, 5.41) is 3.42. The maximum absolute atomic E-state index is 11.8. The van der Waals surface area contributed by atoms with Crippen LogP contribution in [-0.4, -0.2) is 61.0 Å². The Bertz CT molecular complexity index is 243. The molecule has 0 spiro atoms. The molecule has 17 heavy (non-hydrogen) atoms. The van der Waals surface area contributed by atoms with Gasteiger partial charge in [0, 0.05) is 38.6 Å². The monoisotopic (exact) mass is 239 g/mol. The Hall–Kier alpha value is -0.610. The number of amides is 1. The molecule has 0 aromatic rings. The molecule has 98 valence electrons. The molecule has 2 heterocycles. The van der Waals surface area contributed by atoms with E-state index < -0.39 is 0 Å². The van der Waals surface area contributed by atoms with Crippen molar-refractivity contribution >= 4 is 5.91 Å². The molecule has 1 amide bonds. The smallest absolute Gasteiger partial charge is 0.222 e. The molecule has 2 saturated heterocycles. The average molecular weight is 239 g/mol. The predicted octanol–water partition coefficient (Wildman–Crippen LogP) is 0.683. The molecule has 2 fully saturated rings. The third-order valence-corrected chi connectivity index (χ3v) is 3.85. The summed E-state index contributed by atoms with van der Waals surface area (Å²) in [5.41, 5.74) is 0. The zero-order valence-corrected chi connectivity index (χ0v) is 11.0. The first-order valence-electron chi connectivity index (χ1n) is 7.04. The molecule has 2 aliphatic rings. The fourth-order valence-corrected chi connectivity index (χ4v) is 2.61. The molecule has 0 unspecified atom stereocenters. The second-order valence-electron chi connectivity index (χ2n) is 5.20. The first-order valence-corrected chi connectivity index (χ1v) is 7.04. The summed E-state index contributed by atoms with van der Waals surface area (Å²) in [7, 11) is 0. The van der Waals surface area contributed by atoms with Crippen LogP contribution in [0.3, 0.4) is 0 Å². The van der Waals surface area contributed by atoms with Gasteiger partial charge in [-0.15, -0.1) is 0 Å². The van der Waals surface area contributed by atoms with E-state index in [1.807, 2.05) is 4.90 Å². The lowest BCUT2D eigenvalue weighted by Crippen LogP contribution is -2.61. The van der Waals surface area contributed by atoms with Crippen LogP contribution >= 0.6 is 0 Å². The van der Waals surface area contributed by atoms with Crippen molar-refractivity contribution in [2.24, 2.45) is 0 Å². The van der Waals surface area contributed by atoms with E-state index in [-0.39, 0.29) is 0 Å². The van der Waals surface area contributed by atoms with Gasteiger partial charge in [0.1, 0.15) is 0 Å². The van der Waals surface area contributed by atoms with E-state index in [0.717, 1.165) is 52.0 Å². The molecule has 4 heteroatoms. The van der Waals surface area contributed by atoms with Crippen molar-refractivity contribution in [1.82, 2.24) is 15.1 Å². The van der Waals surface area contributed by atoms with Gasteiger partial charge in [0.15, 0.2) is 0 Å². The molecule has 4 nitrogen and oxygen atoms in total. The van der Waals surface area contributed by atoms with Crippen LogP contribution in [0.25, 0.3) is 0 Å². The number of unbranched alkanes of at least 4 members (excludes halogenated alkanes) is 1. The number of nitrogens with zero attached hydrogens (tertiary/aromatic N) is 2. The highest BCUT2D eigenvalue weighted by molar-refractivity contribution is 5.77. The van der Waals surface area contributed by atoms with E-state index in [1.54, 1.807) is 0 Å². The Morgan fingerprint density at radius 2 is 2.12 bits per heavy atom. The van der Waals surface area contributed by atoms with Crippen LogP contribution in [0.2, 0.25) is 0 Å². The molecule has 2 aliphatic heterocycles. The van der Waals surface area contributed by atoms with E-state index in [1.165, 1.54) is 13.0 Å². The Morgan fingerprint density at radius 1 is 1.29 bits per heavy atom. The summed E-state index contributed by atoms with van der Waals surface area (Å²) in [6.45, 7) is 8.63. The number of rotatable bonds is 4. The summed E-state index contributed by atoms with van der Waals surface area (Å²) in [4.78, 5) is 16.3. The van der Waals surface area contributed by atoms with Crippen LogP contribution in [0.1, 0.15) is 32.6 Å². The first kappa shape index (κ1) is 12.8. The molecule has 2 rings (SSSR count). The van der Waals surface area contributed by atoms with E-state index in [0.29, 0.717) is 11.9 Å². The van der Waals surface area contributed by atoms with Crippen LogP contribution in [0.15, 0.2) is 0 Å². The minimum Gasteiger partial charge on any atom is -0.339 e. The van der Waals surface area contributed by atoms with E-state index in [9.17, 15) is 4.79 Å². The van der Waals surface area contributed by atoms with Crippen molar-refractivity contribution in [2.45, 2.75) is 38.6 Å². The van der Waals surface area contributed by atoms with Gasteiger partial charge in [-0.3, -0.25) is 9.69 Å². The van der Waals surface area contributed by atoms with Crippen molar-refractivity contribution in [3.63, 3.8) is 0 Å². The highest BCUT2D eigenvalue weighted by Crippen LogP contribution is 2.17. The molecule has 0 aliphatic carbocycles. The van der Waals surface area contributed by atoms with Crippen molar-refractivity contribution in [3.05, 3.63) is 0 Å². The SMILES string of the molecule is CCCCC(=O)N1CC(N2CCCNCC2)C1. The summed E-state index contributed by atoms with van der Waals surface area (Å²) in [5.74, 6) is 0.357. The lowest BCUT2D eigenvalue weighted by Gasteiger charge is -2.45. The van der Waals surface area contributed by atoms with Gasteiger partial charge >= 0.3 is 0 Å². The van der Waals surface area contributed by atoms with Gasteiger partial charge in [-0.25, -0.2) is 0 Å². The molecule has 0 saturated carbocycles. The zero-order chi connectivity index (χ0) is 12.1. The maximum atomic E-state index is 11.8. The van der Waals surface area contributed by atoms with Gasteiger partial charge in [-0.2, -0.15) is 0 Å². The van der Waals surface area contributed by atoms with Gasteiger partial charge < -0.3 is 10.2 Å². The third-order valence-electron chi connectivity index (χ3n) is 3.85. The Morgan fingerprint density at radius 3 is 2.88 bits per heavy atom. The Balaban J connectivity index is 1.68. The highest BCUT2D eigenvalue weighted by atomic mass is 16.2. The Kier molecular flexibility index (Phi) is 4.80. The van der Waals surface area contributed by atoms with Crippen LogP contribution in [0, 0.1) is 0 Å². The second-order valence-corrected chi connectivity index (χ2v) is 5.20. The topological polar surface area (TPSA) is 35.6 Å². The lowest BCUT2D eigenvalue weighted by molar-refractivity contribution is -0.138. The predicted molar refractivity (Wildman–Crippen MR) is 69.0 cm³/mol. The van der Waals surface area contributed by atoms with Crippen LogP contribution in [0.4, 0.5) is 0 Å². The number of carbonyl (C=O) groups is 1. The molecule has 1 N–H and O–H groups in total. The molecule has 0 bridgehead atoms. The fraction of sp³-hybridized carbons (Fsp3) is 0.923. The number of carbonyl (C=O) groups excluding carboxylic acids is 1. The van der Waals surface area contributed by atoms with Gasteiger partial charge in [0.25, 0.3) is 0 Å². The maximum Gasteiger partial charge on any atom is 0.222 e. The quantitative estimate of drug-likeness (QED) is 0.784. The van der Waals surface area contributed by atoms with Gasteiger partial charge in [0.05, 0.1) is 0 Å². The minimum absolute atomic E-state index is 0.357. The normalized spacial score (nSPS) is 23.2. The number of hydrogen-bond donors (Lipinski definition) is 1. The summed E-state index contributed by atoms with van der Waals surface area (Å²) < 4.78 is 0. The van der Waals surface area contributed by atoms with Gasteiger partial charge in [-0.05, 0) is 25.9 Å². The van der Waals surface area contributed by atoms with Gasteiger partial charge in [-0.1, -0.05) is 13.3 Å². The van der Waals surface area contributed by atoms with E-state index in [2.05, 4.69) is 17.1 Å². The van der Waals surface area contributed by atoms with Crippen molar-refractivity contribution in [1.29, 1.82) is 0 Å². The first-order chi connectivity index (χ1) is 8.31. The van der Waals surface area contributed by atoms with Crippen LogP contribution < -0.4 is 5.32 Å². The molecular weight excluding hydrogens is 214 g/mol. The van der Waals surface area contributed by atoms with E-state index >= 15 is 0 Å². The standard InChI is InChI=1S/C13H25N3O/c1-2-3-5-13(17)16-10-12(11-16)15-8-4-6-14-7-9-15/h12,14H,2-11H2,1H3. The molecule has 0 aromatic carbocycles. The average Bonchev–Trinajstić information content (AvgIpc) is 2.53. The van der Waals surface area contributed by atoms with Crippen LogP contribution in [0.5, 0.6) is 0 Å². The summed E-state index contributed by atoms with van der Waals surface area (Å²) in [6, 6.07) is 0.625. The summed E-state index contributed by atoms with van der Waals surface area (Å²) >= 11 is 0. The number of hydrogen-bond acceptors (Lipinski definition) is 3. The van der Waals surface area contributed by atoms with E-state index in [4.69, 9.17) is 0 Å². The minimum atomic E-state index is 0.357. The molecule has 0 radical (unpaired) electrons. The molecular formula is C13H25N3O. The van der Waals surface area contributed by atoms with Crippen molar-refractivity contribution in [3.8, 4) is 0 Å². The second kappa shape index (κ2) is 6.36. The molecule has 0 aromatic heterocycles.